The van der Waals surface area contributed by atoms with Crippen molar-refractivity contribution >= 4 is 92.1 Å². The second-order valence-corrected chi connectivity index (χ2v) is 13.9. The van der Waals surface area contributed by atoms with Crippen molar-refractivity contribution in [2.45, 2.75) is 19.6 Å². The van der Waals surface area contributed by atoms with Crippen LogP contribution in [0.2, 0.25) is 0 Å². The Morgan fingerprint density at radius 1 is 0.512 bits per heavy atom. The first-order valence-corrected chi connectivity index (χ1v) is 16.2. The number of nitrogens with one attached hydrogen (secondary N) is 2. The third kappa shape index (κ3) is 6.08. The summed E-state index contributed by atoms with van der Waals surface area (Å²) in [6.07, 6.45) is 0. The minimum absolute atomic E-state index is 0. The van der Waals surface area contributed by atoms with Gasteiger partial charge in [-0.1, -0.05) is 24.3 Å². The Balaban J connectivity index is 0.00000387. The molecule has 21 heteroatoms. The number of H-pyrrole nitrogens is 2. The molecule has 0 aliphatic rings. The monoisotopic (exact) mass is 654 g/mol. The molecule has 0 aliphatic carbocycles. The Morgan fingerprint density at radius 3 is 1.10 bits per heavy atom. The van der Waals surface area contributed by atoms with Crippen LogP contribution in [0.15, 0.2) is 68.1 Å². The maximum atomic E-state index is 11.8. The predicted molar refractivity (Wildman–Crippen MR) is 143 cm³/mol. The molecule has 2 aromatic heterocycles. The van der Waals surface area contributed by atoms with Crippen LogP contribution in [0.1, 0.15) is 0 Å². The quantitative estimate of drug-likeness (QED) is 0.111. The summed E-state index contributed by atoms with van der Waals surface area (Å²) < 4.78 is 131. The van der Waals surface area contributed by atoms with Crippen LogP contribution in [0, 0.1) is 0 Å². The molecule has 5 aromatic rings. The van der Waals surface area contributed by atoms with E-state index in [4.69, 9.17) is 0 Å². The first-order valence-electron chi connectivity index (χ1n) is 10.4. The van der Waals surface area contributed by atoms with Gasteiger partial charge in [-0.05, 0) is 24.3 Å². The van der Waals surface area contributed by atoms with Gasteiger partial charge in [-0.15, -0.1) is 0 Å². The molecule has 0 spiro atoms. The average Bonchev–Trinajstić information content (AvgIpc) is 3.44. The van der Waals surface area contributed by atoms with Gasteiger partial charge in [0.1, 0.15) is 32.5 Å². The molecule has 0 saturated heterocycles. The molecular weight excluding hydrogens is 639 g/mol. The van der Waals surface area contributed by atoms with E-state index in [1.807, 2.05) is 0 Å². The molecule has 0 atom stereocenters. The van der Waals surface area contributed by atoms with Crippen LogP contribution in [0.25, 0.3) is 44.8 Å². The van der Waals surface area contributed by atoms with Gasteiger partial charge in [0.25, 0.3) is 40.5 Å². The maximum absolute atomic E-state index is 11.8. The van der Waals surface area contributed by atoms with E-state index in [1.54, 1.807) is 0 Å². The predicted octanol–water partition coefficient (Wildman–Crippen LogP) is 1.11. The molecular formula is C20H15N4NaO12S4. The molecule has 0 radical (unpaired) electrons. The Kier molecular flexibility index (Phi) is 7.76. The SMILES string of the molecule is O=S(=O)(O)c1cc(S(=O)(=O)O)c2nc(-c3ccc(-c4nc5c(S(=O)(=O)O)cc(S(=O)(=O)O)cc5[nH]4)cc3)[nH]c2c1.[NaH]. The third-order valence-corrected chi connectivity index (χ3v) is 9.03. The summed E-state index contributed by atoms with van der Waals surface area (Å²) in [5, 5.41) is 0. The van der Waals surface area contributed by atoms with Gasteiger partial charge in [0.2, 0.25) is 0 Å². The van der Waals surface area contributed by atoms with Crippen molar-refractivity contribution in [3.8, 4) is 22.8 Å². The molecule has 0 aliphatic heterocycles. The molecule has 5 rings (SSSR count). The normalized spacial score (nSPS) is 13.0. The molecule has 0 bridgehead atoms. The fourth-order valence-corrected chi connectivity index (χ4v) is 6.44. The molecule has 0 fully saturated rings. The Morgan fingerprint density at radius 2 is 0.829 bits per heavy atom. The van der Waals surface area contributed by atoms with E-state index in [0.29, 0.717) is 23.3 Å². The molecule has 6 N–H and O–H groups in total. The topological polar surface area (TPSA) is 275 Å². The van der Waals surface area contributed by atoms with Crippen molar-refractivity contribution in [2.24, 2.45) is 0 Å². The van der Waals surface area contributed by atoms with Gasteiger partial charge in [-0.25, -0.2) is 9.97 Å². The summed E-state index contributed by atoms with van der Waals surface area (Å²) in [7, 11) is -19.6. The summed E-state index contributed by atoms with van der Waals surface area (Å²) in [5.41, 5.74) is -0.216. The number of aromatic amines is 2. The van der Waals surface area contributed by atoms with Crippen molar-refractivity contribution in [1.82, 2.24) is 19.9 Å². The van der Waals surface area contributed by atoms with Crippen LogP contribution in [0.3, 0.4) is 0 Å². The number of hydrogen-bond donors (Lipinski definition) is 6. The van der Waals surface area contributed by atoms with Crippen molar-refractivity contribution < 1.29 is 51.9 Å². The van der Waals surface area contributed by atoms with Crippen molar-refractivity contribution in [3.05, 3.63) is 48.5 Å². The summed E-state index contributed by atoms with van der Waals surface area (Å²) in [4.78, 5) is 10.3. The molecule has 212 valence electrons. The van der Waals surface area contributed by atoms with Crippen LogP contribution in [-0.2, 0) is 40.5 Å². The number of rotatable bonds is 6. The zero-order chi connectivity index (χ0) is 29.4. The van der Waals surface area contributed by atoms with Crippen LogP contribution in [0.4, 0.5) is 0 Å². The fourth-order valence-electron chi connectivity index (χ4n) is 3.87. The number of benzene rings is 3. The van der Waals surface area contributed by atoms with E-state index in [9.17, 15) is 51.9 Å². The summed E-state index contributed by atoms with van der Waals surface area (Å²) in [6, 6.07) is 8.80. The van der Waals surface area contributed by atoms with E-state index >= 15 is 0 Å². The summed E-state index contributed by atoms with van der Waals surface area (Å²) in [5.74, 6) is 0.0741. The van der Waals surface area contributed by atoms with Crippen LogP contribution >= 0.6 is 0 Å². The number of nitrogens with zero attached hydrogens (tertiary/aromatic N) is 2. The van der Waals surface area contributed by atoms with Gasteiger partial charge in [-0.2, -0.15) is 33.7 Å². The second kappa shape index (κ2) is 10.2. The fraction of sp³-hybridized carbons (Fsp3) is 0. The summed E-state index contributed by atoms with van der Waals surface area (Å²) in [6.45, 7) is 0. The standard InChI is InChI=1S/C20H14N4O12S4.Na.H/c25-37(26,27)11-5-13-17(15(7-11)39(31,32)33)23-19(21-13)9-1-2-10(4-3-9)20-22-14-6-12(38(28,29)30)8-16(18(14)24-20)40(34,35)36;;/h1-8H,(H,21,23)(H,22,24)(H,25,26,27)(H,28,29,30)(H,31,32,33)(H,34,35,36);;. The van der Waals surface area contributed by atoms with E-state index in [-0.39, 0.29) is 63.3 Å². The Bertz CT molecular complexity index is 2150. The molecule has 41 heavy (non-hydrogen) atoms. The number of fused-ring (bicyclic) bond motifs is 2. The van der Waals surface area contributed by atoms with Gasteiger partial charge < -0.3 is 9.97 Å². The average molecular weight is 655 g/mol. The first-order chi connectivity index (χ1) is 18.3. The van der Waals surface area contributed by atoms with Crippen LogP contribution < -0.4 is 0 Å². The van der Waals surface area contributed by atoms with Gasteiger partial charge >= 0.3 is 29.6 Å². The molecule has 16 nitrogen and oxygen atoms in total. The van der Waals surface area contributed by atoms with E-state index in [2.05, 4.69) is 19.9 Å². The number of hydrogen-bond acceptors (Lipinski definition) is 10. The summed E-state index contributed by atoms with van der Waals surface area (Å²) >= 11 is 0. The minimum atomic E-state index is -4.95. The molecule has 0 amide bonds. The third-order valence-electron chi connectivity index (χ3n) is 5.63. The molecule has 3 aromatic carbocycles. The van der Waals surface area contributed by atoms with E-state index < -0.39 is 60.1 Å². The number of aromatic nitrogens is 4. The van der Waals surface area contributed by atoms with Crippen molar-refractivity contribution in [2.75, 3.05) is 0 Å². The van der Waals surface area contributed by atoms with Gasteiger partial charge in [-0.3, -0.25) is 18.2 Å². The zero-order valence-corrected chi connectivity index (χ0v) is 22.5. The van der Waals surface area contributed by atoms with Gasteiger partial charge in [0, 0.05) is 11.1 Å². The van der Waals surface area contributed by atoms with E-state index in [1.165, 1.54) is 24.3 Å². The van der Waals surface area contributed by atoms with Gasteiger partial charge in [0.15, 0.2) is 0 Å². The first kappa shape index (κ1) is 31.2. The second-order valence-electron chi connectivity index (χ2n) is 8.28. The van der Waals surface area contributed by atoms with Gasteiger partial charge in [0.05, 0.1) is 20.8 Å². The zero-order valence-electron chi connectivity index (χ0n) is 19.2. The van der Waals surface area contributed by atoms with Crippen LogP contribution in [0.5, 0.6) is 0 Å². The van der Waals surface area contributed by atoms with Crippen LogP contribution in [-0.4, -0.2) is 101 Å². The molecule has 2 heterocycles. The van der Waals surface area contributed by atoms with E-state index in [0.717, 1.165) is 12.1 Å². The molecule has 0 saturated carbocycles. The Labute approximate surface area is 253 Å². The van der Waals surface area contributed by atoms with Crippen molar-refractivity contribution in [3.63, 3.8) is 0 Å². The van der Waals surface area contributed by atoms with Crippen molar-refractivity contribution in [1.29, 1.82) is 0 Å². The number of imidazole rings is 2. The molecule has 0 unspecified atom stereocenters. The Hall–Kier alpha value is -2.76.